The number of thioether (sulfide) groups is 1. The number of nitrogens with one attached hydrogen (secondary N) is 4. The first-order valence-electron chi connectivity index (χ1n) is 9.97. The fourth-order valence-corrected chi connectivity index (χ4v) is 3.29. The van der Waals surface area contributed by atoms with E-state index in [0.29, 0.717) is 17.9 Å². The van der Waals surface area contributed by atoms with E-state index in [1.165, 1.54) is 24.3 Å². The molecule has 0 spiro atoms. The maximum absolute atomic E-state index is 12.9. The van der Waals surface area contributed by atoms with E-state index >= 15 is 0 Å². The van der Waals surface area contributed by atoms with Crippen molar-refractivity contribution >= 4 is 35.5 Å². The standard InChI is InChI=1S/C19H32N6O5S/c1-11(2)6-15(19(29)30)25-18(28)14(7-12-9-21-10-22-12)24-17(27)13(4-5-31-3)23-16(26)8-20/h9-11,13-15H,4-8,20H2,1-3H3,(H,21,22)(H,23,26)(H,24,27)(H,25,28)(H,29,30). The second-order valence-electron chi connectivity index (χ2n) is 7.48. The van der Waals surface area contributed by atoms with E-state index in [4.69, 9.17) is 5.73 Å². The van der Waals surface area contributed by atoms with Gasteiger partial charge in [0.15, 0.2) is 0 Å². The van der Waals surface area contributed by atoms with Crippen LogP contribution in [0, 0.1) is 5.92 Å². The zero-order valence-electron chi connectivity index (χ0n) is 18.0. The van der Waals surface area contributed by atoms with Crippen molar-refractivity contribution in [3.05, 3.63) is 18.2 Å². The van der Waals surface area contributed by atoms with Crippen LogP contribution in [0.2, 0.25) is 0 Å². The topological polar surface area (TPSA) is 179 Å². The average molecular weight is 457 g/mol. The monoisotopic (exact) mass is 456 g/mol. The van der Waals surface area contributed by atoms with Crippen LogP contribution < -0.4 is 21.7 Å². The number of imidazole rings is 1. The van der Waals surface area contributed by atoms with Crippen molar-refractivity contribution in [2.75, 3.05) is 18.6 Å². The van der Waals surface area contributed by atoms with E-state index in [9.17, 15) is 24.3 Å². The highest BCUT2D eigenvalue weighted by Crippen LogP contribution is 2.08. The molecule has 0 aromatic carbocycles. The number of carbonyl (C=O) groups is 4. The van der Waals surface area contributed by atoms with Crippen LogP contribution in [0.4, 0.5) is 0 Å². The minimum Gasteiger partial charge on any atom is -0.480 e. The first kappa shape index (κ1) is 26.4. The first-order valence-corrected chi connectivity index (χ1v) is 11.4. The molecule has 3 amide bonds. The van der Waals surface area contributed by atoms with Crippen LogP contribution in [0.25, 0.3) is 0 Å². The van der Waals surface area contributed by atoms with Gasteiger partial charge in [0, 0.05) is 18.3 Å². The van der Waals surface area contributed by atoms with E-state index in [0.717, 1.165) is 0 Å². The van der Waals surface area contributed by atoms with Gasteiger partial charge in [-0.3, -0.25) is 14.4 Å². The van der Waals surface area contributed by atoms with Crippen molar-refractivity contribution in [1.82, 2.24) is 25.9 Å². The molecule has 0 radical (unpaired) electrons. The van der Waals surface area contributed by atoms with Crippen LogP contribution in [-0.4, -0.2) is 75.4 Å². The summed E-state index contributed by atoms with van der Waals surface area (Å²) in [6.07, 6.45) is 5.49. The molecule has 1 heterocycles. The minimum atomic E-state index is -1.15. The number of carboxylic acids is 1. The highest BCUT2D eigenvalue weighted by molar-refractivity contribution is 7.98. The summed E-state index contributed by atoms with van der Waals surface area (Å²) in [5, 5.41) is 17.1. The summed E-state index contributed by atoms with van der Waals surface area (Å²) in [6, 6.07) is -3.02. The molecule has 7 N–H and O–H groups in total. The molecular weight excluding hydrogens is 424 g/mol. The Hall–Kier alpha value is -2.60. The fraction of sp³-hybridized carbons (Fsp3) is 0.632. The third-order valence-electron chi connectivity index (χ3n) is 4.38. The summed E-state index contributed by atoms with van der Waals surface area (Å²) >= 11 is 1.51. The Morgan fingerprint density at radius 1 is 1.13 bits per heavy atom. The molecule has 0 bridgehead atoms. The second kappa shape index (κ2) is 13.7. The van der Waals surface area contributed by atoms with Gasteiger partial charge >= 0.3 is 5.97 Å². The number of nitrogens with zero attached hydrogens (tertiary/aromatic N) is 1. The summed E-state index contributed by atoms with van der Waals surface area (Å²) < 4.78 is 0. The maximum Gasteiger partial charge on any atom is 0.326 e. The molecule has 0 aliphatic carbocycles. The Labute approximate surface area is 185 Å². The van der Waals surface area contributed by atoms with Crippen molar-refractivity contribution < 1.29 is 24.3 Å². The smallest absolute Gasteiger partial charge is 0.326 e. The Morgan fingerprint density at radius 3 is 2.29 bits per heavy atom. The van der Waals surface area contributed by atoms with Crippen LogP contribution in [0.5, 0.6) is 0 Å². The average Bonchev–Trinajstić information content (AvgIpc) is 3.22. The number of aliphatic carboxylic acids is 1. The molecule has 1 aromatic rings. The van der Waals surface area contributed by atoms with Crippen molar-refractivity contribution in [3.8, 4) is 0 Å². The SMILES string of the molecule is CSCCC(NC(=O)CN)C(=O)NC(Cc1cnc[nH]1)C(=O)NC(CC(C)C)C(=O)O. The Balaban J connectivity index is 2.99. The molecule has 0 aliphatic heterocycles. The number of hydrogen-bond donors (Lipinski definition) is 6. The highest BCUT2D eigenvalue weighted by atomic mass is 32.2. The number of rotatable bonds is 14. The van der Waals surface area contributed by atoms with Crippen molar-refractivity contribution in [1.29, 1.82) is 0 Å². The van der Waals surface area contributed by atoms with Crippen LogP contribution in [0.1, 0.15) is 32.4 Å². The lowest BCUT2D eigenvalue weighted by molar-refractivity contribution is -0.142. The number of carboxylic acid groups (broad SMARTS) is 1. The number of aromatic nitrogens is 2. The number of carbonyl (C=O) groups excluding carboxylic acids is 3. The molecule has 11 nitrogen and oxygen atoms in total. The summed E-state index contributed by atoms with van der Waals surface area (Å²) in [5.41, 5.74) is 5.92. The summed E-state index contributed by atoms with van der Waals surface area (Å²) in [6.45, 7) is 3.43. The molecule has 0 fully saturated rings. The molecule has 1 rings (SSSR count). The zero-order valence-corrected chi connectivity index (χ0v) is 18.8. The summed E-state index contributed by atoms with van der Waals surface area (Å²) in [5.74, 6) is -2.17. The number of aromatic amines is 1. The van der Waals surface area contributed by atoms with Gasteiger partial charge in [-0.1, -0.05) is 13.8 Å². The largest absolute Gasteiger partial charge is 0.480 e. The van der Waals surface area contributed by atoms with Gasteiger partial charge in [-0.05, 0) is 30.8 Å². The zero-order chi connectivity index (χ0) is 23.4. The van der Waals surface area contributed by atoms with E-state index in [-0.39, 0.29) is 25.3 Å². The van der Waals surface area contributed by atoms with Crippen LogP contribution in [-0.2, 0) is 25.6 Å². The lowest BCUT2D eigenvalue weighted by Gasteiger charge is -2.24. The van der Waals surface area contributed by atoms with Gasteiger partial charge in [-0.15, -0.1) is 0 Å². The summed E-state index contributed by atoms with van der Waals surface area (Å²) in [4.78, 5) is 55.7. The molecule has 3 unspecified atom stereocenters. The molecule has 31 heavy (non-hydrogen) atoms. The van der Waals surface area contributed by atoms with Gasteiger partial charge in [-0.25, -0.2) is 9.78 Å². The normalized spacial score (nSPS) is 13.8. The van der Waals surface area contributed by atoms with E-state index in [1.54, 1.807) is 0 Å². The Kier molecular flexibility index (Phi) is 11.6. The number of nitrogens with two attached hydrogens (primary N) is 1. The van der Waals surface area contributed by atoms with Gasteiger partial charge in [0.2, 0.25) is 17.7 Å². The molecule has 0 saturated heterocycles. The van der Waals surface area contributed by atoms with Gasteiger partial charge in [0.25, 0.3) is 0 Å². The number of hydrogen-bond acceptors (Lipinski definition) is 7. The Bertz CT molecular complexity index is 727. The predicted molar refractivity (Wildman–Crippen MR) is 117 cm³/mol. The van der Waals surface area contributed by atoms with Crippen LogP contribution in [0.15, 0.2) is 12.5 Å². The molecule has 1 aromatic heterocycles. The van der Waals surface area contributed by atoms with Crippen molar-refractivity contribution in [2.24, 2.45) is 11.7 Å². The van der Waals surface area contributed by atoms with Gasteiger partial charge < -0.3 is 31.8 Å². The molecule has 3 atom stereocenters. The maximum atomic E-state index is 12.9. The van der Waals surface area contributed by atoms with Crippen LogP contribution in [0.3, 0.4) is 0 Å². The van der Waals surface area contributed by atoms with E-state index in [2.05, 4.69) is 25.9 Å². The van der Waals surface area contributed by atoms with Crippen molar-refractivity contribution in [2.45, 2.75) is 51.2 Å². The third kappa shape index (κ3) is 9.83. The van der Waals surface area contributed by atoms with Crippen LogP contribution >= 0.6 is 11.8 Å². The second-order valence-corrected chi connectivity index (χ2v) is 8.46. The van der Waals surface area contributed by atoms with Gasteiger partial charge in [-0.2, -0.15) is 11.8 Å². The lowest BCUT2D eigenvalue weighted by Crippen LogP contribution is -2.57. The lowest BCUT2D eigenvalue weighted by atomic mass is 10.0. The van der Waals surface area contributed by atoms with E-state index < -0.39 is 41.8 Å². The molecule has 0 aliphatic rings. The number of amides is 3. The molecule has 174 valence electrons. The molecule has 0 saturated carbocycles. The Morgan fingerprint density at radius 2 is 1.77 bits per heavy atom. The summed E-state index contributed by atoms with van der Waals surface area (Å²) in [7, 11) is 0. The van der Waals surface area contributed by atoms with E-state index in [1.807, 2.05) is 20.1 Å². The molecular formula is C19H32N6O5S. The fourth-order valence-electron chi connectivity index (χ4n) is 2.82. The van der Waals surface area contributed by atoms with Gasteiger partial charge in [0.1, 0.15) is 18.1 Å². The quantitative estimate of drug-likeness (QED) is 0.211. The minimum absolute atomic E-state index is 0.0458. The first-order chi connectivity index (χ1) is 14.7. The predicted octanol–water partition coefficient (Wildman–Crippen LogP) is -0.751. The number of H-pyrrole nitrogens is 1. The molecule has 12 heteroatoms. The highest BCUT2D eigenvalue weighted by Gasteiger charge is 2.30. The van der Waals surface area contributed by atoms with Crippen molar-refractivity contribution in [3.63, 3.8) is 0 Å². The van der Waals surface area contributed by atoms with Gasteiger partial charge in [0.05, 0.1) is 12.9 Å². The third-order valence-corrected chi connectivity index (χ3v) is 5.03.